The number of carbonyl (C=O) groups excluding carboxylic acids is 1. The van der Waals surface area contributed by atoms with E-state index in [9.17, 15) is 14.3 Å². The Kier molecular flexibility index (Phi) is 5.58. The molecule has 23 heavy (non-hydrogen) atoms. The second kappa shape index (κ2) is 7.44. The minimum Gasteiger partial charge on any atom is -0.497 e. The van der Waals surface area contributed by atoms with E-state index in [-0.39, 0.29) is 11.6 Å². The molecule has 0 spiro atoms. The van der Waals surface area contributed by atoms with E-state index in [1.54, 1.807) is 30.3 Å². The van der Waals surface area contributed by atoms with Gasteiger partial charge in [0.1, 0.15) is 11.6 Å². The Hall–Kier alpha value is -2.11. The summed E-state index contributed by atoms with van der Waals surface area (Å²) in [7, 11) is 3.05. The van der Waals surface area contributed by atoms with Gasteiger partial charge in [0, 0.05) is 13.6 Å². The zero-order chi connectivity index (χ0) is 17.0. The Bertz CT molecular complexity index is 708. The van der Waals surface area contributed by atoms with Crippen LogP contribution in [0.1, 0.15) is 17.2 Å². The molecule has 1 amide bonds. The van der Waals surface area contributed by atoms with Crippen molar-refractivity contribution < 1.29 is 19.0 Å². The van der Waals surface area contributed by atoms with Crippen molar-refractivity contribution in [1.29, 1.82) is 0 Å². The summed E-state index contributed by atoms with van der Waals surface area (Å²) in [6, 6.07) is 11.0. The van der Waals surface area contributed by atoms with Gasteiger partial charge in [-0.15, -0.1) is 0 Å². The number of benzene rings is 2. The zero-order valence-corrected chi connectivity index (χ0v) is 13.5. The Labute approximate surface area is 139 Å². The number of amides is 1. The number of aliphatic hydroxyl groups excluding tert-OH is 1. The fraction of sp³-hybridized carbons (Fsp3) is 0.235. The summed E-state index contributed by atoms with van der Waals surface area (Å²) in [6.07, 6.45) is -1.31. The Balaban J connectivity index is 2.10. The SMILES string of the molecule is COc1cccc(C(O)C(=O)N(C)Cc2ccc(Cl)c(F)c2)c1. The Morgan fingerprint density at radius 3 is 2.74 bits per heavy atom. The second-order valence-electron chi connectivity index (χ2n) is 5.12. The van der Waals surface area contributed by atoms with Crippen molar-refractivity contribution in [3.8, 4) is 5.75 Å². The van der Waals surface area contributed by atoms with Gasteiger partial charge in [-0.1, -0.05) is 29.8 Å². The smallest absolute Gasteiger partial charge is 0.256 e. The maximum atomic E-state index is 13.4. The molecular weight excluding hydrogens is 321 g/mol. The Morgan fingerprint density at radius 2 is 2.09 bits per heavy atom. The van der Waals surface area contributed by atoms with E-state index in [0.29, 0.717) is 16.9 Å². The highest BCUT2D eigenvalue weighted by Crippen LogP contribution is 2.22. The van der Waals surface area contributed by atoms with Gasteiger partial charge in [-0.3, -0.25) is 4.79 Å². The first-order valence-corrected chi connectivity index (χ1v) is 7.31. The minimum atomic E-state index is -1.31. The van der Waals surface area contributed by atoms with Gasteiger partial charge >= 0.3 is 0 Å². The minimum absolute atomic E-state index is 0.0270. The summed E-state index contributed by atoms with van der Waals surface area (Å²) in [5.41, 5.74) is 1.02. The molecule has 0 aliphatic rings. The van der Waals surface area contributed by atoms with Crippen molar-refractivity contribution >= 4 is 17.5 Å². The molecule has 0 aromatic heterocycles. The predicted octanol–water partition coefficient (Wildman–Crippen LogP) is 3.18. The quantitative estimate of drug-likeness (QED) is 0.911. The monoisotopic (exact) mass is 337 g/mol. The molecule has 0 saturated carbocycles. The number of hydrogen-bond acceptors (Lipinski definition) is 3. The summed E-state index contributed by atoms with van der Waals surface area (Å²) in [6.45, 7) is 0.161. The molecule has 4 nitrogen and oxygen atoms in total. The largest absolute Gasteiger partial charge is 0.497 e. The van der Waals surface area contributed by atoms with E-state index in [2.05, 4.69) is 0 Å². The fourth-order valence-electron chi connectivity index (χ4n) is 2.15. The van der Waals surface area contributed by atoms with Gasteiger partial charge in [-0.25, -0.2) is 4.39 Å². The third kappa shape index (κ3) is 4.21. The van der Waals surface area contributed by atoms with Crippen LogP contribution in [0, 0.1) is 5.82 Å². The molecule has 1 N–H and O–H groups in total. The molecule has 122 valence electrons. The Morgan fingerprint density at radius 1 is 1.35 bits per heavy atom. The third-order valence-electron chi connectivity index (χ3n) is 3.42. The number of rotatable bonds is 5. The van der Waals surface area contributed by atoms with Gasteiger partial charge < -0.3 is 14.7 Å². The predicted molar refractivity (Wildman–Crippen MR) is 85.8 cm³/mol. The van der Waals surface area contributed by atoms with Gasteiger partial charge in [0.15, 0.2) is 6.10 Å². The third-order valence-corrected chi connectivity index (χ3v) is 3.73. The summed E-state index contributed by atoms with van der Waals surface area (Å²) in [5.74, 6) is -0.483. The number of nitrogens with zero attached hydrogens (tertiary/aromatic N) is 1. The summed E-state index contributed by atoms with van der Waals surface area (Å²) >= 11 is 5.63. The van der Waals surface area contributed by atoms with Crippen LogP contribution in [-0.4, -0.2) is 30.1 Å². The maximum absolute atomic E-state index is 13.4. The molecule has 2 aromatic rings. The number of likely N-dealkylation sites (N-methyl/N-ethyl adjacent to an activating group) is 1. The molecular formula is C17H17ClFNO3. The van der Waals surface area contributed by atoms with E-state index < -0.39 is 17.8 Å². The average Bonchev–Trinajstić information content (AvgIpc) is 2.56. The number of halogens is 2. The van der Waals surface area contributed by atoms with E-state index in [4.69, 9.17) is 16.3 Å². The van der Waals surface area contributed by atoms with Gasteiger partial charge in [0.25, 0.3) is 5.91 Å². The molecule has 0 aliphatic carbocycles. The molecule has 0 saturated heterocycles. The van der Waals surface area contributed by atoms with E-state index in [1.165, 1.54) is 31.2 Å². The summed E-state index contributed by atoms with van der Waals surface area (Å²) in [4.78, 5) is 13.6. The first-order chi connectivity index (χ1) is 10.9. The lowest BCUT2D eigenvalue weighted by Gasteiger charge is -2.21. The molecule has 6 heteroatoms. The van der Waals surface area contributed by atoms with Crippen molar-refractivity contribution in [3.05, 3.63) is 64.4 Å². The molecule has 0 aliphatic heterocycles. The van der Waals surface area contributed by atoms with Crippen molar-refractivity contribution in [2.45, 2.75) is 12.6 Å². The normalized spacial score (nSPS) is 11.9. The van der Waals surface area contributed by atoms with Gasteiger partial charge in [-0.2, -0.15) is 0 Å². The van der Waals surface area contributed by atoms with Crippen LogP contribution < -0.4 is 4.74 Å². The first-order valence-electron chi connectivity index (χ1n) is 6.93. The maximum Gasteiger partial charge on any atom is 0.256 e. The van der Waals surface area contributed by atoms with E-state index >= 15 is 0 Å². The molecule has 2 rings (SSSR count). The topological polar surface area (TPSA) is 49.8 Å². The van der Waals surface area contributed by atoms with E-state index in [1.807, 2.05) is 0 Å². The summed E-state index contributed by atoms with van der Waals surface area (Å²) in [5, 5.41) is 10.2. The van der Waals surface area contributed by atoms with Crippen LogP contribution in [0.15, 0.2) is 42.5 Å². The van der Waals surface area contributed by atoms with Crippen LogP contribution in [0.3, 0.4) is 0 Å². The molecule has 1 atom stereocenters. The first kappa shape index (κ1) is 17.2. The molecule has 1 unspecified atom stereocenters. The van der Waals surface area contributed by atoms with Gasteiger partial charge in [-0.05, 0) is 35.4 Å². The average molecular weight is 338 g/mol. The van der Waals surface area contributed by atoms with Crippen LogP contribution in [0.2, 0.25) is 5.02 Å². The highest BCUT2D eigenvalue weighted by molar-refractivity contribution is 6.30. The van der Waals surface area contributed by atoms with Crippen molar-refractivity contribution in [2.75, 3.05) is 14.2 Å². The summed E-state index contributed by atoms with van der Waals surface area (Å²) < 4.78 is 18.5. The van der Waals surface area contributed by atoms with Crippen molar-refractivity contribution in [2.24, 2.45) is 0 Å². The number of aliphatic hydroxyl groups is 1. The lowest BCUT2D eigenvalue weighted by atomic mass is 10.1. The second-order valence-corrected chi connectivity index (χ2v) is 5.53. The number of hydrogen-bond donors (Lipinski definition) is 1. The van der Waals surface area contributed by atoms with Crippen LogP contribution >= 0.6 is 11.6 Å². The highest BCUT2D eigenvalue weighted by Gasteiger charge is 2.22. The number of carbonyl (C=O) groups is 1. The van der Waals surface area contributed by atoms with Gasteiger partial charge in [0.2, 0.25) is 0 Å². The lowest BCUT2D eigenvalue weighted by molar-refractivity contribution is -0.139. The highest BCUT2D eigenvalue weighted by atomic mass is 35.5. The zero-order valence-electron chi connectivity index (χ0n) is 12.8. The molecule has 0 radical (unpaired) electrons. The van der Waals surface area contributed by atoms with Crippen molar-refractivity contribution in [3.63, 3.8) is 0 Å². The molecule has 2 aromatic carbocycles. The molecule has 0 heterocycles. The lowest BCUT2D eigenvalue weighted by Crippen LogP contribution is -2.31. The fourth-order valence-corrected chi connectivity index (χ4v) is 2.27. The van der Waals surface area contributed by atoms with E-state index in [0.717, 1.165) is 0 Å². The standard InChI is InChI=1S/C17H17ClFNO3/c1-20(10-11-6-7-14(18)15(19)8-11)17(22)16(21)12-4-3-5-13(9-12)23-2/h3-9,16,21H,10H2,1-2H3. The molecule has 0 fully saturated rings. The van der Waals surface area contributed by atoms with Crippen LogP contribution in [0.25, 0.3) is 0 Å². The molecule has 0 bridgehead atoms. The van der Waals surface area contributed by atoms with Gasteiger partial charge in [0.05, 0.1) is 12.1 Å². The van der Waals surface area contributed by atoms with Crippen molar-refractivity contribution in [1.82, 2.24) is 4.90 Å². The van der Waals surface area contributed by atoms with Crippen LogP contribution in [0.5, 0.6) is 5.75 Å². The van der Waals surface area contributed by atoms with Crippen LogP contribution in [-0.2, 0) is 11.3 Å². The number of ether oxygens (including phenoxy) is 1. The van der Waals surface area contributed by atoms with Crippen LogP contribution in [0.4, 0.5) is 4.39 Å². The number of methoxy groups -OCH3 is 1.